The van der Waals surface area contributed by atoms with Gasteiger partial charge in [0.25, 0.3) is 5.91 Å². The summed E-state index contributed by atoms with van der Waals surface area (Å²) >= 11 is 6.39. The summed E-state index contributed by atoms with van der Waals surface area (Å²) in [6.45, 7) is 11.6. The topological polar surface area (TPSA) is 114 Å². The lowest BCUT2D eigenvalue weighted by molar-refractivity contribution is -0.0956. The number of rotatable bonds is 6. The van der Waals surface area contributed by atoms with Gasteiger partial charge in [-0.1, -0.05) is 36.7 Å². The molecule has 2 bridgehead atoms. The molecular weight excluding hydrogens is 702 g/mol. The fourth-order valence-corrected chi connectivity index (χ4v) is 9.68. The number of hydrogen-bond acceptors (Lipinski definition) is 10. The Morgan fingerprint density at radius 2 is 1.81 bits per heavy atom. The van der Waals surface area contributed by atoms with Gasteiger partial charge in [0.1, 0.15) is 17.9 Å². The van der Waals surface area contributed by atoms with Crippen molar-refractivity contribution in [2.24, 2.45) is 17.8 Å². The number of nitrogens with one attached hydrogen (secondary N) is 1. The summed E-state index contributed by atoms with van der Waals surface area (Å²) in [6.07, 6.45) is 9.68. The molecule has 0 spiro atoms. The van der Waals surface area contributed by atoms with Crippen LogP contribution in [0, 0.1) is 17.8 Å². The number of pyridine rings is 1. The number of amides is 1. The quantitative estimate of drug-likeness (QED) is 0.396. The highest BCUT2D eigenvalue weighted by atomic mass is 35.5. The second-order valence-corrected chi connectivity index (χ2v) is 17.6. The molecule has 0 unspecified atom stereocenters. The molecule has 1 aromatic carbocycles. The molecule has 3 aliphatic heterocycles. The van der Waals surface area contributed by atoms with Crippen molar-refractivity contribution < 1.29 is 27.4 Å². The van der Waals surface area contributed by atoms with E-state index < -0.39 is 26.8 Å². The Balaban J connectivity index is 1.35. The van der Waals surface area contributed by atoms with E-state index in [0.717, 1.165) is 83.5 Å². The predicted octanol–water partition coefficient (Wildman–Crippen LogP) is 5.18. The minimum absolute atomic E-state index is 0.0471. The predicted molar refractivity (Wildman–Crippen MR) is 205 cm³/mol. The second kappa shape index (κ2) is 17.2. The monoisotopic (exact) mass is 757 g/mol. The Morgan fingerprint density at radius 3 is 2.54 bits per heavy atom. The van der Waals surface area contributed by atoms with Crippen molar-refractivity contribution in [3.63, 3.8) is 0 Å². The minimum Gasteiger partial charge on any atom is -0.485 e. The molecule has 1 saturated heterocycles. The largest absolute Gasteiger partial charge is 0.485 e. The molecule has 1 aromatic heterocycles. The number of allylic oxidation sites excluding steroid dienone is 1. The highest BCUT2D eigenvalue weighted by Crippen LogP contribution is 2.46. The van der Waals surface area contributed by atoms with Gasteiger partial charge in [-0.2, -0.15) is 0 Å². The van der Waals surface area contributed by atoms with E-state index in [1.165, 1.54) is 5.56 Å². The van der Waals surface area contributed by atoms with Gasteiger partial charge in [0, 0.05) is 71.6 Å². The Kier molecular flexibility index (Phi) is 12.9. The summed E-state index contributed by atoms with van der Waals surface area (Å²) in [7, 11) is -0.422. The van der Waals surface area contributed by atoms with Gasteiger partial charge in [-0.15, -0.1) is 0 Å². The van der Waals surface area contributed by atoms with E-state index in [2.05, 4.69) is 31.6 Å². The van der Waals surface area contributed by atoms with Crippen molar-refractivity contribution >= 4 is 33.3 Å². The minimum atomic E-state index is -4.00. The van der Waals surface area contributed by atoms with Crippen LogP contribution in [0.25, 0.3) is 0 Å². The first-order chi connectivity index (χ1) is 25.0. The number of sulfonamides is 1. The zero-order valence-corrected chi connectivity index (χ0v) is 32.8. The van der Waals surface area contributed by atoms with Crippen LogP contribution in [-0.4, -0.2) is 113 Å². The Bertz CT molecular complexity index is 1680. The van der Waals surface area contributed by atoms with E-state index in [-0.39, 0.29) is 17.5 Å². The number of aryl methyl sites for hydroxylation is 1. The van der Waals surface area contributed by atoms with Crippen LogP contribution >= 0.6 is 11.6 Å². The van der Waals surface area contributed by atoms with Gasteiger partial charge in [-0.25, -0.2) is 18.1 Å². The molecule has 2 fully saturated rings. The number of nitrogens with zero attached hydrogens (tertiary/aromatic N) is 4. The maximum atomic E-state index is 13.5. The van der Waals surface area contributed by atoms with Crippen LogP contribution < -0.4 is 14.4 Å². The van der Waals surface area contributed by atoms with E-state index in [1.807, 2.05) is 32.2 Å². The molecule has 13 heteroatoms. The van der Waals surface area contributed by atoms with Gasteiger partial charge in [0.05, 0.1) is 11.9 Å². The maximum absolute atomic E-state index is 13.5. The number of benzene rings is 1. The molecule has 1 amide bonds. The highest BCUT2D eigenvalue weighted by molar-refractivity contribution is 7.90. The first-order valence-corrected chi connectivity index (χ1v) is 20.8. The van der Waals surface area contributed by atoms with Crippen LogP contribution in [0.5, 0.6) is 5.75 Å². The van der Waals surface area contributed by atoms with Gasteiger partial charge in [0.2, 0.25) is 10.0 Å². The SMILES string of the molecule is COCCN1CCN(C[C@]2(OC)/C=C/C[C@H](C)[C@@H](C)S(=O)(=O)NC(=O)c3ccc4c(n3)N(CCCCc3cc(Cl)ccc3CO4)C[C@@H]3CC[C@H]32)CC1. The summed E-state index contributed by atoms with van der Waals surface area (Å²) < 4.78 is 47.8. The normalized spacial score (nSPS) is 29.7. The van der Waals surface area contributed by atoms with Crippen LogP contribution in [0.15, 0.2) is 42.5 Å². The van der Waals surface area contributed by atoms with Gasteiger partial charge >= 0.3 is 0 Å². The molecule has 0 radical (unpaired) electrons. The highest BCUT2D eigenvalue weighted by Gasteiger charge is 2.48. The molecule has 4 aliphatic rings. The summed E-state index contributed by atoms with van der Waals surface area (Å²) in [5.74, 6) is 0.696. The molecule has 1 saturated carbocycles. The summed E-state index contributed by atoms with van der Waals surface area (Å²) in [4.78, 5) is 25.6. The number of halogens is 1. The third-order valence-corrected chi connectivity index (χ3v) is 14.1. The van der Waals surface area contributed by atoms with Crippen molar-refractivity contribution in [2.75, 3.05) is 78.1 Å². The maximum Gasteiger partial charge on any atom is 0.283 e. The van der Waals surface area contributed by atoms with E-state index in [0.29, 0.717) is 48.6 Å². The number of aromatic nitrogens is 1. The zero-order valence-electron chi connectivity index (χ0n) is 31.2. The first-order valence-electron chi connectivity index (χ1n) is 18.9. The number of carbonyl (C=O) groups is 1. The van der Waals surface area contributed by atoms with E-state index >= 15 is 0 Å². The van der Waals surface area contributed by atoms with Crippen LogP contribution in [0.2, 0.25) is 5.02 Å². The smallest absolute Gasteiger partial charge is 0.283 e. The molecule has 52 heavy (non-hydrogen) atoms. The standard InChI is InChI=1S/C39H56ClN5O6S/c1-28-8-7-16-39(50-4,27-44-20-18-43(19-21-44)22-23-49-3)34-13-11-31(34)25-45-17-6-5-9-30-24-33(40)12-10-32(30)26-51-36-15-14-35(41-37(36)45)38(46)42-52(47,48)29(28)2/h7,10,12,14-16,24,28-29,31,34H,5-6,8-9,11,13,17-23,25-27H2,1-4H3,(H,42,46)/b16-7+/t28-,29+,31-,34+,39+/m0/s1. The first kappa shape index (κ1) is 39.0. The van der Waals surface area contributed by atoms with Crippen LogP contribution in [0.1, 0.15) is 67.6 Å². The molecule has 286 valence electrons. The van der Waals surface area contributed by atoms with E-state index in [9.17, 15) is 13.2 Å². The third-order valence-electron chi connectivity index (χ3n) is 11.9. The van der Waals surface area contributed by atoms with Crippen molar-refractivity contribution in [3.05, 3.63) is 64.3 Å². The fourth-order valence-electron chi connectivity index (χ4n) is 8.21. The Morgan fingerprint density at radius 1 is 1.02 bits per heavy atom. The molecule has 5 atom stereocenters. The summed E-state index contributed by atoms with van der Waals surface area (Å²) in [6, 6.07) is 9.23. The molecule has 2 aromatic rings. The van der Waals surface area contributed by atoms with Gasteiger partial charge < -0.3 is 19.1 Å². The average Bonchev–Trinajstić information content (AvgIpc) is 3.15. The number of fused-ring (bicyclic) bond motifs is 3. The summed E-state index contributed by atoms with van der Waals surface area (Å²) in [5, 5.41) is -0.105. The van der Waals surface area contributed by atoms with Crippen LogP contribution in [-0.2, 0) is 32.5 Å². The van der Waals surface area contributed by atoms with Crippen LogP contribution in [0.4, 0.5) is 5.82 Å². The Hall–Kier alpha value is -2.74. The number of piperazine rings is 1. The lowest BCUT2D eigenvalue weighted by atomic mass is 9.63. The number of hydrogen-bond donors (Lipinski definition) is 1. The number of methoxy groups -OCH3 is 2. The van der Waals surface area contributed by atoms with Crippen LogP contribution in [0.3, 0.4) is 0 Å². The van der Waals surface area contributed by atoms with Crippen molar-refractivity contribution in [3.8, 4) is 5.75 Å². The second-order valence-electron chi connectivity index (χ2n) is 15.1. The molecular formula is C39H56ClN5O6S. The molecule has 4 heterocycles. The Labute approximate surface area is 315 Å². The van der Waals surface area contributed by atoms with Crippen molar-refractivity contribution in [1.29, 1.82) is 0 Å². The molecule has 1 N–H and O–H groups in total. The third kappa shape index (κ3) is 8.96. The zero-order chi connectivity index (χ0) is 36.9. The van der Waals surface area contributed by atoms with Gasteiger partial charge in [-0.3, -0.25) is 14.6 Å². The lowest BCUT2D eigenvalue weighted by Crippen LogP contribution is -2.58. The average molecular weight is 758 g/mol. The van der Waals surface area contributed by atoms with E-state index in [4.69, 9.17) is 30.8 Å². The number of ether oxygens (including phenoxy) is 3. The lowest BCUT2D eigenvalue weighted by Gasteiger charge is -2.51. The number of anilines is 1. The summed E-state index contributed by atoms with van der Waals surface area (Å²) in [5.41, 5.74) is 1.73. The van der Waals surface area contributed by atoms with Crippen molar-refractivity contribution in [2.45, 2.75) is 69.8 Å². The fraction of sp³-hybridized carbons (Fsp3) is 0.641. The van der Waals surface area contributed by atoms with Gasteiger partial charge in [-0.05, 0) is 98.6 Å². The molecule has 6 rings (SSSR count). The molecule has 1 aliphatic carbocycles. The van der Waals surface area contributed by atoms with E-state index in [1.54, 1.807) is 26.2 Å². The van der Waals surface area contributed by atoms with Crippen molar-refractivity contribution in [1.82, 2.24) is 19.5 Å². The van der Waals surface area contributed by atoms with Gasteiger partial charge in [0.15, 0.2) is 11.6 Å². The molecule has 11 nitrogen and oxygen atoms in total. The number of carbonyl (C=O) groups excluding carboxylic acids is 1.